The van der Waals surface area contributed by atoms with Gasteiger partial charge in [-0.25, -0.2) is 14.8 Å². The first-order valence-corrected chi connectivity index (χ1v) is 17.6. The zero-order chi connectivity index (χ0) is 32.4. The van der Waals surface area contributed by atoms with Gasteiger partial charge in [0.05, 0.1) is 22.1 Å². The van der Waals surface area contributed by atoms with Crippen molar-refractivity contribution in [2.75, 3.05) is 44.7 Å². The van der Waals surface area contributed by atoms with Crippen molar-refractivity contribution in [3.8, 4) is 28.5 Å². The second kappa shape index (κ2) is 16.0. The molecule has 1 saturated heterocycles. The fraction of sp³-hybridized carbons (Fsp3) is 0.447. The van der Waals surface area contributed by atoms with E-state index in [-0.39, 0.29) is 0 Å². The van der Waals surface area contributed by atoms with E-state index in [2.05, 4.69) is 69.4 Å². The minimum Gasteiger partial charge on any atom is -0.410 e. The molecule has 6 rings (SSSR count). The third-order valence-electron chi connectivity index (χ3n) is 9.23. The monoisotopic (exact) mass is 635 g/mol. The minimum atomic E-state index is -0.411. The molecule has 0 bridgehead atoms. The summed E-state index contributed by atoms with van der Waals surface area (Å²) >= 11 is 0. The van der Waals surface area contributed by atoms with Crippen LogP contribution in [0.2, 0.25) is 0 Å². The summed E-state index contributed by atoms with van der Waals surface area (Å²) in [5.74, 6) is 2.10. The maximum Gasteiger partial charge on any atom is 0.412 e. The zero-order valence-corrected chi connectivity index (χ0v) is 28.0. The van der Waals surface area contributed by atoms with Crippen LogP contribution in [0.25, 0.3) is 44.8 Å². The van der Waals surface area contributed by atoms with E-state index in [4.69, 9.17) is 14.7 Å². The molecule has 1 fully saturated rings. The molecular weight excluding hydrogens is 586 g/mol. The van der Waals surface area contributed by atoms with Crippen LogP contribution in [0.1, 0.15) is 71.1 Å². The van der Waals surface area contributed by atoms with Crippen LogP contribution >= 0.6 is 0 Å². The van der Waals surface area contributed by atoms with Gasteiger partial charge < -0.3 is 29.8 Å². The number of nitrogens with one attached hydrogen (secondary N) is 3. The van der Waals surface area contributed by atoms with Crippen molar-refractivity contribution in [1.82, 2.24) is 30.2 Å². The number of carbonyl (C=O) groups excluding carboxylic acids is 1. The van der Waals surface area contributed by atoms with E-state index in [0.717, 1.165) is 83.9 Å². The lowest BCUT2D eigenvalue weighted by Gasteiger charge is -2.34. The van der Waals surface area contributed by atoms with Crippen LogP contribution < -0.4 is 15.0 Å². The molecule has 0 unspecified atom stereocenters. The number of amides is 1. The smallest absolute Gasteiger partial charge is 0.410 e. The van der Waals surface area contributed by atoms with E-state index < -0.39 is 6.09 Å². The number of unbranched alkanes of at least 4 members (excludes halogenated alkanes) is 9. The number of aromatic nitrogens is 4. The number of piperazine rings is 1. The molecular formula is C38H49N7O2. The summed E-state index contributed by atoms with van der Waals surface area (Å²) in [6.45, 7) is 7.12. The fourth-order valence-electron chi connectivity index (χ4n) is 6.32. The number of imidazole rings is 2. The number of carbonyl (C=O) groups is 1. The van der Waals surface area contributed by atoms with Gasteiger partial charge in [0.2, 0.25) is 0 Å². The van der Waals surface area contributed by atoms with Gasteiger partial charge in [-0.2, -0.15) is 0 Å². The number of ether oxygens (including phenoxy) is 1. The molecule has 2 aromatic heterocycles. The third kappa shape index (κ3) is 8.71. The Morgan fingerprint density at radius 2 is 1.30 bits per heavy atom. The lowest BCUT2D eigenvalue weighted by atomic mass is 10.1. The highest BCUT2D eigenvalue weighted by Crippen LogP contribution is 2.29. The van der Waals surface area contributed by atoms with Crippen molar-refractivity contribution in [3.05, 3.63) is 60.7 Å². The fourth-order valence-corrected chi connectivity index (χ4v) is 6.32. The van der Waals surface area contributed by atoms with Gasteiger partial charge in [0.1, 0.15) is 17.4 Å². The zero-order valence-electron chi connectivity index (χ0n) is 28.0. The van der Waals surface area contributed by atoms with Crippen molar-refractivity contribution in [1.29, 1.82) is 0 Å². The van der Waals surface area contributed by atoms with Gasteiger partial charge in [0.15, 0.2) is 0 Å². The summed E-state index contributed by atoms with van der Waals surface area (Å²) in [5, 5.41) is 2.88. The molecule has 3 aromatic carbocycles. The molecule has 0 spiro atoms. The Morgan fingerprint density at radius 1 is 0.723 bits per heavy atom. The van der Waals surface area contributed by atoms with Crippen LogP contribution in [-0.4, -0.2) is 70.7 Å². The van der Waals surface area contributed by atoms with Crippen LogP contribution in [0.3, 0.4) is 0 Å². The van der Waals surface area contributed by atoms with E-state index >= 15 is 0 Å². The summed E-state index contributed by atoms with van der Waals surface area (Å²) in [4.78, 5) is 33.7. The number of anilines is 1. The number of H-pyrrole nitrogens is 2. The second-order valence-corrected chi connectivity index (χ2v) is 12.9. The first-order valence-electron chi connectivity index (χ1n) is 17.6. The Labute approximate surface area is 278 Å². The van der Waals surface area contributed by atoms with Crippen molar-refractivity contribution in [2.24, 2.45) is 0 Å². The number of hydrogen-bond acceptors (Lipinski definition) is 6. The summed E-state index contributed by atoms with van der Waals surface area (Å²) in [7, 11) is 2.18. The van der Waals surface area contributed by atoms with Gasteiger partial charge in [-0.05, 0) is 74.1 Å². The Balaban J connectivity index is 0.991. The van der Waals surface area contributed by atoms with E-state index in [0.29, 0.717) is 12.3 Å². The minimum absolute atomic E-state index is 0.411. The van der Waals surface area contributed by atoms with Crippen molar-refractivity contribution in [3.63, 3.8) is 0 Å². The second-order valence-electron chi connectivity index (χ2n) is 12.9. The molecule has 0 radical (unpaired) electrons. The van der Waals surface area contributed by atoms with Gasteiger partial charge in [-0.3, -0.25) is 0 Å². The molecule has 1 amide bonds. The summed E-state index contributed by atoms with van der Waals surface area (Å²) < 4.78 is 5.50. The molecule has 0 aliphatic carbocycles. The van der Waals surface area contributed by atoms with E-state index in [1.165, 1.54) is 57.1 Å². The molecule has 9 heteroatoms. The summed E-state index contributed by atoms with van der Waals surface area (Å²) in [6.07, 6.45) is 12.3. The number of likely N-dealkylation sites (N-methyl/N-ethyl adjacent to an activating group) is 1. The SMILES string of the molecule is CCCCCCCCCCCCNC(=O)Oc1ccc(-c2nc3ccc(-c4nc5ccc(N6CCN(C)CC6)cc5[nH]4)cc3[nH]2)cc1. The Morgan fingerprint density at radius 3 is 1.98 bits per heavy atom. The highest BCUT2D eigenvalue weighted by molar-refractivity contribution is 5.87. The average molecular weight is 636 g/mol. The van der Waals surface area contributed by atoms with Crippen LogP contribution in [0.4, 0.5) is 10.5 Å². The Kier molecular flexibility index (Phi) is 11.1. The van der Waals surface area contributed by atoms with Crippen LogP contribution in [0, 0.1) is 0 Å². The lowest BCUT2D eigenvalue weighted by molar-refractivity contribution is 0.200. The number of rotatable bonds is 15. The molecule has 9 nitrogen and oxygen atoms in total. The van der Waals surface area contributed by atoms with Gasteiger partial charge >= 0.3 is 6.09 Å². The predicted molar refractivity (Wildman–Crippen MR) is 192 cm³/mol. The van der Waals surface area contributed by atoms with E-state index in [1.807, 2.05) is 18.2 Å². The highest BCUT2D eigenvalue weighted by atomic mass is 16.6. The number of hydrogen-bond donors (Lipinski definition) is 3. The van der Waals surface area contributed by atoms with Gasteiger partial charge in [-0.15, -0.1) is 0 Å². The molecule has 5 aromatic rings. The number of nitrogens with zero attached hydrogens (tertiary/aromatic N) is 4. The largest absolute Gasteiger partial charge is 0.412 e. The van der Waals surface area contributed by atoms with Crippen LogP contribution in [-0.2, 0) is 0 Å². The van der Waals surface area contributed by atoms with Crippen LogP contribution in [0.15, 0.2) is 60.7 Å². The van der Waals surface area contributed by atoms with Gasteiger partial charge in [0, 0.05) is 49.5 Å². The van der Waals surface area contributed by atoms with Gasteiger partial charge in [-0.1, -0.05) is 64.7 Å². The normalized spacial score (nSPS) is 13.9. The first-order chi connectivity index (χ1) is 23.1. The van der Waals surface area contributed by atoms with E-state index in [1.54, 1.807) is 12.1 Å². The third-order valence-corrected chi connectivity index (χ3v) is 9.23. The maximum absolute atomic E-state index is 12.3. The molecule has 47 heavy (non-hydrogen) atoms. The number of benzene rings is 3. The molecule has 1 aliphatic heterocycles. The molecule has 0 saturated carbocycles. The quantitative estimate of drug-likeness (QED) is 0.0997. The number of aromatic amines is 2. The predicted octanol–water partition coefficient (Wildman–Crippen LogP) is 8.53. The first kappa shape index (κ1) is 32.6. The van der Waals surface area contributed by atoms with Crippen molar-refractivity contribution in [2.45, 2.75) is 71.1 Å². The summed E-state index contributed by atoms with van der Waals surface area (Å²) in [5.41, 5.74) is 6.95. The molecule has 3 heterocycles. The Bertz CT molecular complexity index is 1730. The van der Waals surface area contributed by atoms with Crippen LogP contribution in [0.5, 0.6) is 5.75 Å². The van der Waals surface area contributed by atoms with Gasteiger partial charge in [0.25, 0.3) is 0 Å². The molecule has 248 valence electrons. The highest BCUT2D eigenvalue weighted by Gasteiger charge is 2.16. The lowest BCUT2D eigenvalue weighted by Crippen LogP contribution is -2.44. The van der Waals surface area contributed by atoms with Crippen molar-refractivity contribution < 1.29 is 9.53 Å². The van der Waals surface area contributed by atoms with Crippen molar-refractivity contribution >= 4 is 33.8 Å². The standard InChI is InChI=1S/C38H49N7O2/c1-3-4-5-6-7-8-9-10-11-12-21-39-38(46)47-31-17-13-28(14-18-31)36-40-32-19-15-29(26-34(32)42-36)37-41-33-20-16-30(27-35(33)43-37)45-24-22-44(2)23-25-45/h13-20,26-27H,3-12,21-25H2,1-2H3,(H,39,46)(H,40,42)(H,41,43). The molecule has 3 N–H and O–H groups in total. The van der Waals surface area contributed by atoms with E-state index in [9.17, 15) is 4.79 Å². The number of fused-ring (bicyclic) bond motifs is 2. The summed E-state index contributed by atoms with van der Waals surface area (Å²) in [6, 6.07) is 20.1. The topological polar surface area (TPSA) is 102 Å². The maximum atomic E-state index is 12.3. The molecule has 1 aliphatic rings. The Hall–Kier alpha value is -4.37. The molecule has 0 atom stereocenters. The average Bonchev–Trinajstić information content (AvgIpc) is 3.72.